The maximum absolute atomic E-state index is 9.64. The van der Waals surface area contributed by atoms with Crippen LogP contribution in [0.15, 0.2) is 36.5 Å². The largest absolute Gasteiger partial charge is 0.373 e. The fraction of sp³-hybridized carbons (Fsp3) is 0.516. The van der Waals surface area contributed by atoms with Crippen LogP contribution in [0.25, 0.3) is 10.9 Å². The number of fused-ring (bicyclic) bond motifs is 4. The van der Waals surface area contributed by atoms with E-state index in [9.17, 15) is 5.26 Å². The van der Waals surface area contributed by atoms with Gasteiger partial charge in [0, 0.05) is 69.0 Å². The lowest BCUT2D eigenvalue weighted by Gasteiger charge is -2.49. The van der Waals surface area contributed by atoms with Gasteiger partial charge in [-0.25, -0.2) is 0 Å². The lowest BCUT2D eigenvalue weighted by Crippen LogP contribution is -2.62. The highest BCUT2D eigenvalue weighted by atomic mass is 16.5. The summed E-state index contributed by atoms with van der Waals surface area (Å²) in [6, 6.07) is 13.1. The molecule has 4 saturated heterocycles. The molecule has 4 atom stereocenters. The van der Waals surface area contributed by atoms with Crippen molar-refractivity contribution in [3.05, 3.63) is 53.3 Å². The first kappa shape index (κ1) is 26.4. The molecule has 1 spiro atoms. The SMILES string of the molecule is Bc1ccc2c(N3C[C@H](CN4CC5(C4)OCc4cc(N6C[C@H]7NCCO[C@@H]7C6)cnc45)O[C@H](C)C3)ccc(C#N)c2n1. The van der Waals surface area contributed by atoms with Crippen molar-refractivity contribution in [1.82, 2.24) is 20.2 Å². The van der Waals surface area contributed by atoms with Crippen molar-refractivity contribution in [2.75, 3.05) is 68.8 Å². The Balaban J connectivity index is 0.940. The van der Waals surface area contributed by atoms with Gasteiger partial charge in [0.15, 0.2) is 7.85 Å². The first-order valence-corrected chi connectivity index (χ1v) is 15.1. The standard InChI is InChI=1S/C31H36BN7O3/c1-19-11-39(26-4-2-20(9-33)29-24(26)3-5-28(32)36-29)13-23(42-19)12-37-17-31(18-37)30-21(16-41-31)8-22(10-35-30)38-14-25-27(15-38)40-7-6-34-25/h2-5,8,10,19,23,25,27,34H,6-7,11-18,32H2,1H3/t19-,23+,25-,27-/m1/s1. The van der Waals surface area contributed by atoms with Gasteiger partial charge >= 0.3 is 0 Å². The normalized spacial score (nSPS) is 28.5. The minimum atomic E-state index is -0.315. The highest BCUT2D eigenvalue weighted by Gasteiger charge is 2.52. The van der Waals surface area contributed by atoms with E-state index in [0.717, 1.165) is 92.5 Å². The van der Waals surface area contributed by atoms with Crippen molar-refractivity contribution in [3.8, 4) is 6.07 Å². The molecule has 1 N–H and O–H groups in total. The predicted octanol–water partition coefficient (Wildman–Crippen LogP) is 0.272. The molecule has 7 heterocycles. The Morgan fingerprint density at radius 2 is 2.05 bits per heavy atom. The number of pyridine rings is 2. The number of morpholine rings is 2. The monoisotopic (exact) mass is 565 g/mol. The van der Waals surface area contributed by atoms with Crippen LogP contribution in [0.2, 0.25) is 0 Å². The van der Waals surface area contributed by atoms with E-state index in [1.165, 1.54) is 5.56 Å². The van der Waals surface area contributed by atoms with Gasteiger partial charge in [-0.3, -0.25) is 14.9 Å². The minimum Gasteiger partial charge on any atom is -0.373 e. The molecule has 0 aliphatic carbocycles. The molecule has 42 heavy (non-hydrogen) atoms. The first-order valence-electron chi connectivity index (χ1n) is 15.1. The summed E-state index contributed by atoms with van der Waals surface area (Å²) in [5.74, 6) is 0. The molecule has 3 aromatic rings. The smallest absolute Gasteiger partial charge is 0.163 e. The number of nitrogens with zero attached hydrogens (tertiary/aromatic N) is 6. The fourth-order valence-electron chi connectivity index (χ4n) is 7.62. The molecule has 4 fully saturated rings. The van der Waals surface area contributed by atoms with Crippen LogP contribution < -0.4 is 20.7 Å². The lowest BCUT2D eigenvalue weighted by atomic mass is 9.88. The molecule has 8 rings (SSSR count). The zero-order valence-corrected chi connectivity index (χ0v) is 24.3. The number of aromatic nitrogens is 2. The zero-order valence-electron chi connectivity index (χ0n) is 24.3. The van der Waals surface area contributed by atoms with Gasteiger partial charge < -0.3 is 29.3 Å². The second kappa shape index (κ2) is 10.2. The number of anilines is 2. The number of hydrogen-bond acceptors (Lipinski definition) is 10. The topological polar surface area (TPSA) is 99.0 Å². The van der Waals surface area contributed by atoms with Gasteiger partial charge in [-0.2, -0.15) is 5.26 Å². The van der Waals surface area contributed by atoms with E-state index >= 15 is 0 Å². The Bertz CT molecular complexity index is 1560. The molecule has 5 aliphatic heterocycles. The van der Waals surface area contributed by atoms with Crippen LogP contribution in [0.5, 0.6) is 0 Å². The number of likely N-dealkylation sites (tertiary alicyclic amines) is 1. The molecule has 0 unspecified atom stereocenters. The Kier molecular flexibility index (Phi) is 6.39. The van der Waals surface area contributed by atoms with Crippen LogP contribution >= 0.6 is 0 Å². The van der Waals surface area contributed by atoms with E-state index in [1.807, 2.05) is 26.2 Å². The Hall–Kier alpha value is -3.27. The Morgan fingerprint density at radius 3 is 2.90 bits per heavy atom. The molecule has 10 nitrogen and oxygen atoms in total. The van der Waals surface area contributed by atoms with E-state index in [0.29, 0.717) is 18.2 Å². The summed E-state index contributed by atoms with van der Waals surface area (Å²) < 4.78 is 18.8. The molecule has 11 heteroatoms. The number of nitrogens with one attached hydrogen (secondary N) is 1. The fourth-order valence-corrected chi connectivity index (χ4v) is 7.62. The summed E-state index contributed by atoms with van der Waals surface area (Å²) in [5, 5.41) is 14.3. The van der Waals surface area contributed by atoms with Gasteiger partial charge in [0.05, 0.1) is 66.2 Å². The van der Waals surface area contributed by atoms with E-state index < -0.39 is 0 Å². The van der Waals surface area contributed by atoms with E-state index in [2.05, 4.69) is 51.2 Å². The maximum atomic E-state index is 9.64. The molecular formula is C31H36BN7O3. The quantitative estimate of drug-likeness (QED) is 0.444. The van der Waals surface area contributed by atoms with Gasteiger partial charge in [-0.05, 0) is 36.8 Å². The molecule has 216 valence electrons. The third-order valence-electron chi connectivity index (χ3n) is 9.54. The van der Waals surface area contributed by atoms with Crippen LogP contribution in [0, 0.1) is 11.3 Å². The number of rotatable bonds is 4. The van der Waals surface area contributed by atoms with Gasteiger partial charge in [-0.15, -0.1) is 0 Å². The van der Waals surface area contributed by atoms with Crippen LogP contribution in [0.1, 0.15) is 23.7 Å². The van der Waals surface area contributed by atoms with Crippen LogP contribution in [0.4, 0.5) is 11.4 Å². The van der Waals surface area contributed by atoms with Crippen molar-refractivity contribution in [1.29, 1.82) is 5.26 Å². The number of hydrogen-bond donors (Lipinski definition) is 1. The second-order valence-electron chi connectivity index (χ2n) is 12.6. The molecule has 0 bridgehead atoms. The molecule has 0 amide bonds. The molecular weight excluding hydrogens is 529 g/mol. The zero-order chi connectivity index (χ0) is 28.4. The molecule has 1 aromatic carbocycles. The van der Waals surface area contributed by atoms with Crippen molar-refractivity contribution in [2.45, 2.75) is 43.5 Å². The highest BCUT2D eigenvalue weighted by Crippen LogP contribution is 2.44. The Labute approximate surface area is 246 Å². The maximum Gasteiger partial charge on any atom is 0.163 e. The van der Waals surface area contributed by atoms with Gasteiger partial charge in [0.25, 0.3) is 0 Å². The average Bonchev–Trinajstić information content (AvgIpc) is 3.58. The molecule has 5 aliphatic rings. The molecule has 2 aromatic heterocycles. The van der Waals surface area contributed by atoms with Crippen LogP contribution in [0.3, 0.4) is 0 Å². The number of benzene rings is 1. The summed E-state index contributed by atoms with van der Waals surface area (Å²) in [7, 11) is 1.97. The lowest BCUT2D eigenvalue weighted by molar-refractivity contribution is -0.157. The summed E-state index contributed by atoms with van der Waals surface area (Å²) in [6.07, 6.45) is 2.45. The first-order chi connectivity index (χ1) is 20.5. The van der Waals surface area contributed by atoms with E-state index in [1.54, 1.807) is 0 Å². The van der Waals surface area contributed by atoms with Crippen LogP contribution in [-0.4, -0.2) is 106 Å². The van der Waals surface area contributed by atoms with Gasteiger partial charge in [-0.1, -0.05) is 6.07 Å². The molecule has 0 saturated carbocycles. The van der Waals surface area contributed by atoms with Crippen LogP contribution in [-0.2, 0) is 26.4 Å². The van der Waals surface area contributed by atoms with E-state index in [4.69, 9.17) is 24.2 Å². The Morgan fingerprint density at radius 1 is 1.14 bits per heavy atom. The summed E-state index contributed by atoms with van der Waals surface area (Å²) in [6.45, 7) is 10.4. The van der Waals surface area contributed by atoms with Crippen molar-refractivity contribution in [3.63, 3.8) is 0 Å². The van der Waals surface area contributed by atoms with E-state index in [-0.39, 0.29) is 23.9 Å². The minimum absolute atomic E-state index is 0.0703. The second-order valence-corrected chi connectivity index (χ2v) is 12.6. The number of ether oxygens (including phenoxy) is 3. The number of nitriles is 1. The third-order valence-corrected chi connectivity index (χ3v) is 9.54. The van der Waals surface area contributed by atoms with Gasteiger partial charge in [0.1, 0.15) is 11.7 Å². The average molecular weight is 565 g/mol. The van der Waals surface area contributed by atoms with Crippen molar-refractivity contribution < 1.29 is 14.2 Å². The summed E-state index contributed by atoms with van der Waals surface area (Å²) in [4.78, 5) is 16.9. The van der Waals surface area contributed by atoms with Gasteiger partial charge in [0.2, 0.25) is 0 Å². The highest BCUT2D eigenvalue weighted by molar-refractivity contribution is 6.31. The predicted molar refractivity (Wildman–Crippen MR) is 162 cm³/mol. The van der Waals surface area contributed by atoms with Crippen molar-refractivity contribution >= 4 is 35.7 Å². The summed E-state index contributed by atoms with van der Waals surface area (Å²) in [5.41, 5.74) is 6.57. The third kappa shape index (κ3) is 4.44. The van der Waals surface area contributed by atoms with Crippen molar-refractivity contribution in [2.24, 2.45) is 0 Å². The summed E-state index contributed by atoms with van der Waals surface area (Å²) >= 11 is 0. The molecule has 0 radical (unpaired) electrons.